The SMILES string of the molecule is O=C(O)c1cccc(N/N=C\c2ccc(F)cc2)c1. The van der Waals surface area contributed by atoms with Crippen molar-refractivity contribution >= 4 is 17.9 Å². The third-order valence-corrected chi connectivity index (χ3v) is 2.39. The van der Waals surface area contributed by atoms with Crippen LogP contribution in [0.2, 0.25) is 0 Å². The van der Waals surface area contributed by atoms with Gasteiger partial charge >= 0.3 is 5.97 Å². The number of hydrogen-bond acceptors (Lipinski definition) is 3. The number of benzene rings is 2. The lowest BCUT2D eigenvalue weighted by molar-refractivity contribution is 0.0697. The molecule has 96 valence electrons. The molecule has 0 bridgehead atoms. The molecule has 0 radical (unpaired) electrons. The highest BCUT2D eigenvalue weighted by atomic mass is 19.1. The van der Waals surface area contributed by atoms with Crippen LogP contribution >= 0.6 is 0 Å². The van der Waals surface area contributed by atoms with Gasteiger partial charge in [0.1, 0.15) is 5.82 Å². The molecule has 19 heavy (non-hydrogen) atoms. The van der Waals surface area contributed by atoms with Gasteiger partial charge in [-0.25, -0.2) is 9.18 Å². The number of hydrazone groups is 1. The van der Waals surface area contributed by atoms with Gasteiger partial charge in [0.25, 0.3) is 0 Å². The number of carbonyl (C=O) groups is 1. The third kappa shape index (κ3) is 3.64. The number of carboxylic acid groups (broad SMARTS) is 1. The second kappa shape index (κ2) is 5.77. The fourth-order valence-corrected chi connectivity index (χ4v) is 1.45. The first-order valence-electron chi connectivity index (χ1n) is 5.53. The van der Waals surface area contributed by atoms with Crippen molar-refractivity contribution in [3.8, 4) is 0 Å². The molecular formula is C14H11FN2O2. The average Bonchev–Trinajstić information content (AvgIpc) is 2.41. The Bertz CT molecular complexity index is 609. The molecule has 2 aromatic carbocycles. The van der Waals surface area contributed by atoms with Gasteiger partial charge in [-0.15, -0.1) is 0 Å². The number of halogens is 1. The van der Waals surface area contributed by atoms with Gasteiger partial charge in [0.15, 0.2) is 0 Å². The molecule has 0 aromatic heterocycles. The summed E-state index contributed by atoms with van der Waals surface area (Å²) in [7, 11) is 0. The Labute approximate surface area is 109 Å². The zero-order valence-corrected chi connectivity index (χ0v) is 9.88. The van der Waals surface area contributed by atoms with Crippen LogP contribution in [0.25, 0.3) is 0 Å². The van der Waals surface area contributed by atoms with Crippen molar-refractivity contribution in [3.63, 3.8) is 0 Å². The molecule has 0 heterocycles. The van der Waals surface area contributed by atoms with E-state index >= 15 is 0 Å². The third-order valence-electron chi connectivity index (χ3n) is 2.39. The summed E-state index contributed by atoms with van der Waals surface area (Å²) >= 11 is 0. The van der Waals surface area contributed by atoms with E-state index in [0.717, 1.165) is 5.56 Å². The van der Waals surface area contributed by atoms with Gasteiger partial charge in [-0.2, -0.15) is 5.10 Å². The van der Waals surface area contributed by atoms with E-state index in [9.17, 15) is 9.18 Å². The van der Waals surface area contributed by atoms with E-state index in [4.69, 9.17) is 5.11 Å². The summed E-state index contributed by atoms with van der Waals surface area (Å²) in [5.74, 6) is -1.30. The van der Waals surface area contributed by atoms with E-state index in [1.54, 1.807) is 24.3 Å². The first-order valence-corrected chi connectivity index (χ1v) is 5.53. The van der Waals surface area contributed by atoms with Gasteiger partial charge in [0.2, 0.25) is 0 Å². The molecular weight excluding hydrogens is 247 g/mol. The molecule has 0 unspecified atom stereocenters. The Kier molecular flexibility index (Phi) is 3.87. The number of nitrogens with zero attached hydrogens (tertiary/aromatic N) is 1. The van der Waals surface area contributed by atoms with Crippen molar-refractivity contribution in [3.05, 3.63) is 65.5 Å². The summed E-state index contributed by atoms with van der Waals surface area (Å²) in [6.45, 7) is 0. The van der Waals surface area contributed by atoms with Gasteiger partial charge in [0, 0.05) is 0 Å². The first kappa shape index (κ1) is 12.8. The fourth-order valence-electron chi connectivity index (χ4n) is 1.45. The molecule has 0 aliphatic heterocycles. The summed E-state index contributed by atoms with van der Waals surface area (Å²) in [5.41, 5.74) is 4.20. The summed E-state index contributed by atoms with van der Waals surface area (Å²) in [5, 5.41) is 12.8. The van der Waals surface area contributed by atoms with Crippen LogP contribution in [-0.2, 0) is 0 Å². The molecule has 4 nitrogen and oxygen atoms in total. The zero-order valence-electron chi connectivity index (χ0n) is 9.88. The van der Waals surface area contributed by atoms with E-state index in [2.05, 4.69) is 10.5 Å². The van der Waals surface area contributed by atoms with Crippen LogP contribution in [0, 0.1) is 5.82 Å². The Balaban J connectivity index is 2.04. The largest absolute Gasteiger partial charge is 0.478 e. The molecule has 0 atom stereocenters. The zero-order chi connectivity index (χ0) is 13.7. The number of aromatic carboxylic acids is 1. The Hall–Kier alpha value is -2.69. The molecule has 0 fully saturated rings. The van der Waals surface area contributed by atoms with Crippen molar-refractivity contribution in [2.24, 2.45) is 5.10 Å². The van der Waals surface area contributed by atoms with E-state index in [1.165, 1.54) is 30.5 Å². The van der Waals surface area contributed by atoms with Crippen LogP contribution in [0.4, 0.5) is 10.1 Å². The minimum Gasteiger partial charge on any atom is -0.478 e. The molecule has 5 heteroatoms. The minimum atomic E-state index is -0.994. The van der Waals surface area contributed by atoms with E-state index in [-0.39, 0.29) is 11.4 Å². The number of anilines is 1. The maximum atomic E-state index is 12.7. The van der Waals surface area contributed by atoms with E-state index < -0.39 is 5.97 Å². The van der Waals surface area contributed by atoms with Crippen LogP contribution in [0.1, 0.15) is 15.9 Å². The Morgan fingerprint density at radius 3 is 2.63 bits per heavy atom. The highest BCUT2D eigenvalue weighted by Gasteiger charge is 2.01. The molecule has 0 aliphatic rings. The fraction of sp³-hybridized carbons (Fsp3) is 0. The van der Waals surface area contributed by atoms with Crippen molar-refractivity contribution in [2.45, 2.75) is 0 Å². The van der Waals surface area contributed by atoms with Crippen molar-refractivity contribution in [1.82, 2.24) is 0 Å². The van der Waals surface area contributed by atoms with E-state index in [1.807, 2.05) is 0 Å². The lowest BCUT2D eigenvalue weighted by Crippen LogP contribution is -1.97. The number of nitrogens with one attached hydrogen (secondary N) is 1. The number of hydrogen-bond donors (Lipinski definition) is 2. The summed E-state index contributed by atoms with van der Waals surface area (Å²) in [6.07, 6.45) is 1.52. The van der Waals surface area contributed by atoms with Crippen LogP contribution in [-0.4, -0.2) is 17.3 Å². The van der Waals surface area contributed by atoms with Crippen LogP contribution in [0.15, 0.2) is 53.6 Å². The van der Waals surface area contributed by atoms with Crippen molar-refractivity contribution in [1.29, 1.82) is 0 Å². The summed E-state index contributed by atoms with van der Waals surface area (Å²) < 4.78 is 12.7. The van der Waals surface area contributed by atoms with Crippen molar-refractivity contribution < 1.29 is 14.3 Å². The molecule has 0 saturated carbocycles. The number of carboxylic acids is 1. The number of rotatable bonds is 4. The molecule has 2 rings (SSSR count). The Morgan fingerprint density at radius 2 is 1.95 bits per heavy atom. The van der Waals surface area contributed by atoms with Crippen LogP contribution < -0.4 is 5.43 Å². The van der Waals surface area contributed by atoms with Gasteiger partial charge in [-0.3, -0.25) is 5.43 Å². The van der Waals surface area contributed by atoms with Crippen molar-refractivity contribution in [2.75, 3.05) is 5.43 Å². The minimum absolute atomic E-state index is 0.182. The maximum absolute atomic E-state index is 12.7. The average molecular weight is 258 g/mol. The summed E-state index contributed by atoms with van der Waals surface area (Å²) in [6, 6.07) is 12.2. The first-order chi connectivity index (χ1) is 9.15. The van der Waals surface area contributed by atoms with E-state index in [0.29, 0.717) is 5.69 Å². The Morgan fingerprint density at radius 1 is 1.21 bits per heavy atom. The lowest BCUT2D eigenvalue weighted by atomic mass is 10.2. The molecule has 0 amide bonds. The normalized spacial score (nSPS) is 10.6. The molecule has 0 spiro atoms. The van der Waals surface area contributed by atoms with Gasteiger partial charge in [0.05, 0.1) is 17.5 Å². The predicted octanol–water partition coefficient (Wildman–Crippen LogP) is 2.97. The highest BCUT2D eigenvalue weighted by Crippen LogP contribution is 2.10. The predicted molar refractivity (Wildman–Crippen MR) is 71.0 cm³/mol. The second-order valence-corrected chi connectivity index (χ2v) is 3.81. The monoisotopic (exact) mass is 258 g/mol. The van der Waals surface area contributed by atoms with Gasteiger partial charge in [-0.1, -0.05) is 18.2 Å². The molecule has 0 aliphatic carbocycles. The summed E-state index contributed by atoms with van der Waals surface area (Å²) in [4.78, 5) is 10.8. The topological polar surface area (TPSA) is 61.7 Å². The van der Waals surface area contributed by atoms with Crippen LogP contribution in [0.5, 0.6) is 0 Å². The van der Waals surface area contributed by atoms with Gasteiger partial charge in [-0.05, 0) is 35.9 Å². The molecule has 2 N–H and O–H groups in total. The van der Waals surface area contributed by atoms with Gasteiger partial charge < -0.3 is 5.11 Å². The maximum Gasteiger partial charge on any atom is 0.335 e. The smallest absolute Gasteiger partial charge is 0.335 e. The van der Waals surface area contributed by atoms with Crippen LogP contribution in [0.3, 0.4) is 0 Å². The standard InChI is InChI=1S/C14H11FN2O2/c15-12-6-4-10(5-7-12)9-16-17-13-3-1-2-11(8-13)14(18)19/h1-9,17H,(H,18,19)/b16-9-. The quantitative estimate of drug-likeness (QED) is 0.654. The highest BCUT2D eigenvalue weighted by molar-refractivity contribution is 5.88. The lowest BCUT2D eigenvalue weighted by Gasteiger charge is -2.01. The molecule has 0 saturated heterocycles. The second-order valence-electron chi connectivity index (χ2n) is 3.81. The molecule has 2 aromatic rings.